The summed E-state index contributed by atoms with van der Waals surface area (Å²) >= 11 is 0. The monoisotopic (exact) mass is 361 g/mol. The molecule has 2 N–H and O–H groups in total. The Hall–Kier alpha value is -3.09. The highest BCUT2D eigenvalue weighted by atomic mass is 19.1. The lowest BCUT2D eigenvalue weighted by atomic mass is 10.0. The molecule has 0 bridgehead atoms. The Balaban J connectivity index is 2.16. The Kier molecular flexibility index (Phi) is 6.16. The SMILES string of the molecule is COc1cc(F)c(C(C)NC(=O)Cc2ccccc2C(=O)O)cc1OC. The molecule has 1 atom stereocenters. The Labute approximate surface area is 150 Å². The molecule has 6 nitrogen and oxygen atoms in total. The molecular weight excluding hydrogens is 341 g/mol. The highest BCUT2D eigenvalue weighted by Gasteiger charge is 2.19. The van der Waals surface area contributed by atoms with Crippen LogP contribution in [0.5, 0.6) is 11.5 Å². The van der Waals surface area contributed by atoms with Crippen LogP contribution in [-0.2, 0) is 11.2 Å². The number of hydrogen-bond donors (Lipinski definition) is 2. The van der Waals surface area contributed by atoms with E-state index in [0.717, 1.165) is 0 Å². The molecule has 26 heavy (non-hydrogen) atoms. The first kappa shape index (κ1) is 19.2. The van der Waals surface area contributed by atoms with Crippen molar-refractivity contribution in [2.75, 3.05) is 14.2 Å². The summed E-state index contributed by atoms with van der Waals surface area (Å²) in [6.07, 6.45) is -0.123. The number of aromatic carboxylic acids is 1. The molecule has 0 radical (unpaired) electrons. The molecule has 0 fully saturated rings. The van der Waals surface area contributed by atoms with Gasteiger partial charge in [0.25, 0.3) is 0 Å². The minimum atomic E-state index is -1.10. The van der Waals surface area contributed by atoms with Gasteiger partial charge < -0.3 is 19.9 Å². The van der Waals surface area contributed by atoms with E-state index in [0.29, 0.717) is 11.3 Å². The van der Waals surface area contributed by atoms with Crippen LogP contribution in [0.4, 0.5) is 4.39 Å². The van der Waals surface area contributed by atoms with E-state index in [1.807, 2.05) is 0 Å². The zero-order valence-electron chi connectivity index (χ0n) is 14.7. The van der Waals surface area contributed by atoms with Crippen LogP contribution in [-0.4, -0.2) is 31.2 Å². The fourth-order valence-corrected chi connectivity index (χ4v) is 2.63. The lowest BCUT2D eigenvalue weighted by Crippen LogP contribution is -2.29. The van der Waals surface area contributed by atoms with Crippen LogP contribution in [0.25, 0.3) is 0 Å². The Morgan fingerprint density at radius 1 is 1.15 bits per heavy atom. The largest absolute Gasteiger partial charge is 0.493 e. The molecule has 0 aliphatic heterocycles. The molecule has 0 saturated heterocycles. The number of carbonyl (C=O) groups is 2. The van der Waals surface area contributed by atoms with Crippen LogP contribution in [0.2, 0.25) is 0 Å². The second-order valence-electron chi connectivity index (χ2n) is 5.66. The van der Waals surface area contributed by atoms with E-state index in [4.69, 9.17) is 9.47 Å². The molecule has 0 aliphatic rings. The third-order valence-electron chi connectivity index (χ3n) is 3.95. The predicted molar refractivity (Wildman–Crippen MR) is 93.2 cm³/mol. The van der Waals surface area contributed by atoms with Crippen LogP contribution in [0.3, 0.4) is 0 Å². The van der Waals surface area contributed by atoms with Crippen molar-refractivity contribution in [1.82, 2.24) is 5.32 Å². The van der Waals surface area contributed by atoms with Gasteiger partial charge in [0.05, 0.1) is 32.2 Å². The molecule has 0 aliphatic carbocycles. The van der Waals surface area contributed by atoms with Crippen LogP contribution < -0.4 is 14.8 Å². The lowest BCUT2D eigenvalue weighted by molar-refractivity contribution is -0.121. The third kappa shape index (κ3) is 4.30. The summed E-state index contributed by atoms with van der Waals surface area (Å²) < 4.78 is 24.5. The van der Waals surface area contributed by atoms with Crippen LogP contribution >= 0.6 is 0 Å². The summed E-state index contributed by atoms with van der Waals surface area (Å²) in [5.41, 5.74) is 0.688. The number of hydrogen-bond acceptors (Lipinski definition) is 4. The number of carbonyl (C=O) groups excluding carboxylic acids is 1. The lowest BCUT2D eigenvalue weighted by Gasteiger charge is -2.18. The number of benzene rings is 2. The van der Waals surface area contributed by atoms with E-state index in [2.05, 4.69) is 5.32 Å². The van der Waals surface area contributed by atoms with E-state index in [1.165, 1.54) is 32.4 Å². The smallest absolute Gasteiger partial charge is 0.335 e. The van der Waals surface area contributed by atoms with Gasteiger partial charge in [0.15, 0.2) is 11.5 Å². The number of rotatable bonds is 7. The quantitative estimate of drug-likeness (QED) is 0.792. The van der Waals surface area contributed by atoms with Crippen molar-refractivity contribution in [2.24, 2.45) is 0 Å². The van der Waals surface area contributed by atoms with E-state index in [9.17, 15) is 19.1 Å². The Bertz CT molecular complexity index is 822. The molecule has 1 unspecified atom stereocenters. The molecule has 2 rings (SSSR count). The van der Waals surface area contributed by atoms with Crippen molar-refractivity contribution in [1.29, 1.82) is 0 Å². The minimum Gasteiger partial charge on any atom is -0.493 e. The van der Waals surface area contributed by atoms with Gasteiger partial charge in [-0.1, -0.05) is 18.2 Å². The highest BCUT2D eigenvalue weighted by molar-refractivity contribution is 5.91. The molecule has 0 saturated carbocycles. The predicted octanol–water partition coefficient (Wildman–Crippen LogP) is 2.96. The molecule has 0 heterocycles. The Morgan fingerprint density at radius 3 is 2.38 bits per heavy atom. The summed E-state index contributed by atoms with van der Waals surface area (Å²) in [4.78, 5) is 23.5. The summed E-state index contributed by atoms with van der Waals surface area (Å²) in [5, 5.41) is 11.8. The van der Waals surface area contributed by atoms with Crippen molar-refractivity contribution in [3.05, 3.63) is 58.9 Å². The van der Waals surface area contributed by atoms with Crippen LogP contribution in [0.15, 0.2) is 36.4 Å². The van der Waals surface area contributed by atoms with Crippen LogP contribution in [0.1, 0.15) is 34.5 Å². The van der Waals surface area contributed by atoms with Crippen molar-refractivity contribution in [2.45, 2.75) is 19.4 Å². The summed E-state index contributed by atoms with van der Waals surface area (Å²) in [6, 6.07) is 8.27. The van der Waals surface area contributed by atoms with Gasteiger partial charge in [-0.05, 0) is 24.6 Å². The van der Waals surface area contributed by atoms with Gasteiger partial charge in [0, 0.05) is 11.6 Å². The number of halogens is 1. The fraction of sp³-hybridized carbons (Fsp3) is 0.263. The Morgan fingerprint density at radius 2 is 1.77 bits per heavy atom. The zero-order chi connectivity index (χ0) is 19.3. The first-order valence-electron chi connectivity index (χ1n) is 7.89. The van der Waals surface area contributed by atoms with Gasteiger partial charge in [-0.25, -0.2) is 9.18 Å². The molecule has 2 aromatic rings. The molecule has 1 amide bonds. The van der Waals surface area contributed by atoms with Gasteiger partial charge in [-0.2, -0.15) is 0 Å². The van der Waals surface area contributed by atoms with Crippen molar-refractivity contribution < 1.29 is 28.6 Å². The standard InChI is InChI=1S/C19H20FNO5/c1-11(14-9-16(25-2)17(26-3)10-15(14)20)21-18(22)8-12-6-4-5-7-13(12)19(23)24/h4-7,9-11H,8H2,1-3H3,(H,21,22)(H,23,24). The maximum atomic E-state index is 14.3. The molecule has 138 valence electrons. The van der Waals surface area contributed by atoms with Gasteiger partial charge in [0.2, 0.25) is 5.91 Å². The first-order chi connectivity index (χ1) is 12.4. The molecule has 2 aromatic carbocycles. The highest BCUT2D eigenvalue weighted by Crippen LogP contribution is 2.32. The van der Waals surface area contributed by atoms with Gasteiger partial charge in [-0.15, -0.1) is 0 Å². The number of amides is 1. The van der Waals surface area contributed by atoms with Crippen molar-refractivity contribution in [3.8, 4) is 11.5 Å². The zero-order valence-corrected chi connectivity index (χ0v) is 14.7. The first-order valence-corrected chi connectivity index (χ1v) is 7.89. The van der Waals surface area contributed by atoms with Crippen molar-refractivity contribution >= 4 is 11.9 Å². The minimum absolute atomic E-state index is 0.0626. The normalized spacial score (nSPS) is 11.5. The molecule has 0 aromatic heterocycles. The van der Waals surface area contributed by atoms with Crippen LogP contribution in [0, 0.1) is 5.82 Å². The molecule has 7 heteroatoms. The number of carboxylic acid groups (broad SMARTS) is 1. The van der Waals surface area contributed by atoms with E-state index in [-0.39, 0.29) is 23.3 Å². The van der Waals surface area contributed by atoms with Gasteiger partial charge in [0.1, 0.15) is 5.82 Å². The summed E-state index contributed by atoms with van der Waals surface area (Å²) in [7, 11) is 2.84. The second kappa shape index (κ2) is 8.33. The number of methoxy groups -OCH3 is 2. The molecular formula is C19H20FNO5. The van der Waals surface area contributed by atoms with Crippen molar-refractivity contribution in [3.63, 3.8) is 0 Å². The maximum Gasteiger partial charge on any atom is 0.335 e. The van der Waals surface area contributed by atoms with E-state index in [1.54, 1.807) is 25.1 Å². The average molecular weight is 361 g/mol. The van der Waals surface area contributed by atoms with E-state index < -0.39 is 23.7 Å². The second-order valence-corrected chi connectivity index (χ2v) is 5.66. The number of carboxylic acids is 1. The van der Waals surface area contributed by atoms with Gasteiger partial charge >= 0.3 is 5.97 Å². The topological polar surface area (TPSA) is 84.9 Å². The maximum absolute atomic E-state index is 14.3. The third-order valence-corrected chi connectivity index (χ3v) is 3.95. The van der Waals surface area contributed by atoms with Gasteiger partial charge in [-0.3, -0.25) is 4.79 Å². The fourth-order valence-electron chi connectivity index (χ4n) is 2.63. The molecule has 0 spiro atoms. The average Bonchev–Trinajstić information content (AvgIpc) is 2.61. The summed E-state index contributed by atoms with van der Waals surface area (Å²) in [6.45, 7) is 1.63. The summed E-state index contributed by atoms with van der Waals surface area (Å²) in [5.74, 6) is -1.46. The number of nitrogens with one attached hydrogen (secondary N) is 1. The van der Waals surface area contributed by atoms with E-state index >= 15 is 0 Å². The number of ether oxygens (including phenoxy) is 2.